The van der Waals surface area contributed by atoms with Crippen LogP contribution in [0.25, 0.3) is 0 Å². The third kappa shape index (κ3) is 3.22. The zero-order valence-electron chi connectivity index (χ0n) is 11.3. The lowest BCUT2D eigenvalue weighted by molar-refractivity contribution is 0.369. The van der Waals surface area contributed by atoms with Gasteiger partial charge in [0.1, 0.15) is 5.82 Å². The molecule has 1 aromatic heterocycles. The molecular weight excluding hydrogens is 257 g/mol. The lowest BCUT2D eigenvalue weighted by Gasteiger charge is -2.09. The summed E-state index contributed by atoms with van der Waals surface area (Å²) in [5, 5.41) is 7.50. The Morgan fingerprint density at radius 2 is 2.25 bits per heavy atom. The minimum absolute atomic E-state index is 0.183. The maximum atomic E-state index is 13.1. The highest BCUT2D eigenvalue weighted by atomic mass is 19.1. The van der Waals surface area contributed by atoms with Gasteiger partial charge in [-0.05, 0) is 37.1 Å². The molecule has 1 N–H and O–H groups in total. The molecule has 2 aromatic rings. The monoisotopic (exact) mass is 275 g/mol. The van der Waals surface area contributed by atoms with Gasteiger partial charge in [-0.1, -0.05) is 30.1 Å². The molecule has 1 saturated heterocycles. The molecule has 1 unspecified atom stereocenters. The molecule has 1 atom stereocenters. The Morgan fingerprint density at radius 3 is 3.15 bits per heavy atom. The summed E-state index contributed by atoms with van der Waals surface area (Å²) in [5.41, 5.74) is 0.842. The van der Waals surface area contributed by atoms with E-state index in [1.807, 2.05) is 6.07 Å². The number of benzene rings is 1. The molecule has 0 bridgehead atoms. The van der Waals surface area contributed by atoms with Crippen LogP contribution in [-0.4, -0.2) is 16.7 Å². The topological polar surface area (TPSA) is 51.0 Å². The Morgan fingerprint density at radius 1 is 1.30 bits per heavy atom. The highest BCUT2D eigenvalue weighted by Gasteiger charge is 2.19. The maximum Gasteiger partial charge on any atom is 0.231 e. The van der Waals surface area contributed by atoms with Gasteiger partial charge in [0.2, 0.25) is 5.89 Å². The summed E-state index contributed by atoms with van der Waals surface area (Å²) in [6, 6.07) is 6.65. The summed E-state index contributed by atoms with van der Waals surface area (Å²) in [5.74, 6) is 1.02. The predicted octanol–water partition coefficient (Wildman–Crippen LogP) is 3.00. The van der Waals surface area contributed by atoms with Gasteiger partial charge in [0, 0.05) is 0 Å². The summed E-state index contributed by atoms with van der Waals surface area (Å²) in [6.07, 6.45) is 5.14. The first-order chi connectivity index (χ1) is 9.81. The van der Waals surface area contributed by atoms with Crippen molar-refractivity contribution in [3.8, 4) is 0 Å². The van der Waals surface area contributed by atoms with Gasteiger partial charge in [-0.25, -0.2) is 4.39 Å². The van der Waals surface area contributed by atoms with Gasteiger partial charge in [0.25, 0.3) is 0 Å². The fraction of sp³-hybridized carbons (Fsp3) is 0.467. The van der Waals surface area contributed by atoms with Crippen molar-refractivity contribution >= 4 is 0 Å². The highest BCUT2D eigenvalue weighted by Crippen LogP contribution is 2.21. The van der Waals surface area contributed by atoms with E-state index in [-0.39, 0.29) is 11.9 Å². The van der Waals surface area contributed by atoms with Crippen LogP contribution in [-0.2, 0) is 6.42 Å². The second-order valence-corrected chi connectivity index (χ2v) is 5.21. The number of hydrogen-bond donors (Lipinski definition) is 1. The number of aromatic nitrogens is 2. The summed E-state index contributed by atoms with van der Waals surface area (Å²) >= 11 is 0. The van der Waals surface area contributed by atoms with Crippen LogP contribution >= 0.6 is 0 Å². The van der Waals surface area contributed by atoms with Crippen LogP contribution < -0.4 is 5.32 Å². The van der Waals surface area contributed by atoms with Gasteiger partial charge >= 0.3 is 0 Å². The van der Waals surface area contributed by atoms with Crippen molar-refractivity contribution in [3.63, 3.8) is 0 Å². The standard InChI is InChI=1S/C15H18FN3O/c16-12-6-4-5-11(9-12)10-14-18-15(19-20-14)13-7-2-1-3-8-17-13/h4-6,9,13,17H,1-3,7-8,10H2. The van der Waals surface area contributed by atoms with E-state index in [1.54, 1.807) is 6.07 Å². The van der Waals surface area contributed by atoms with Crippen molar-refractivity contribution in [2.24, 2.45) is 0 Å². The Bertz CT molecular complexity index is 562. The summed E-state index contributed by atoms with van der Waals surface area (Å²) < 4.78 is 18.4. The molecule has 106 valence electrons. The Balaban J connectivity index is 1.70. The Kier molecular flexibility index (Phi) is 4.06. The number of hydrogen-bond acceptors (Lipinski definition) is 4. The third-order valence-electron chi connectivity index (χ3n) is 3.60. The minimum Gasteiger partial charge on any atom is -0.339 e. The third-order valence-corrected chi connectivity index (χ3v) is 3.60. The molecule has 1 fully saturated rings. The molecule has 5 heteroatoms. The quantitative estimate of drug-likeness (QED) is 0.935. The van der Waals surface area contributed by atoms with Gasteiger partial charge in [-0.2, -0.15) is 4.98 Å². The number of nitrogens with zero attached hydrogens (tertiary/aromatic N) is 2. The van der Waals surface area contributed by atoms with Crippen molar-refractivity contribution < 1.29 is 8.91 Å². The van der Waals surface area contributed by atoms with E-state index in [0.717, 1.165) is 24.4 Å². The second-order valence-electron chi connectivity index (χ2n) is 5.21. The van der Waals surface area contributed by atoms with E-state index in [2.05, 4.69) is 15.5 Å². The number of rotatable bonds is 3. The normalized spacial score (nSPS) is 19.8. The lowest BCUT2D eigenvalue weighted by atomic mass is 10.1. The van der Waals surface area contributed by atoms with Crippen LogP contribution in [0.5, 0.6) is 0 Å². The molecule has 0 aliphatic carbocycles. The first-order valence-electron chi connectivity index (χ1n) is 7.11. The number of nitrogens with one attached hydrogen (secondary N) is 1. The largest absolute Gasteiger partial charge is 0.339 e. The molecule has 3 rings (SSSR count). The maximum absolute atomic E-state index is 13.1. The van der Waals surface area contributed by atoms with Gasteiger partial charge in [-0.3, -0.25) is 0 Å². The molecule has 0 saturated carbocycles. The van der Waals surface area contributed by atoms with Crippen molar-refractivity contribution in [1.82, 2.24) is 15.5 Å². The van der Waals surface area contributed by atoms with E-state index >= 15 is 0 Å². The molecule has 1 aromatic carbocycles. The highest BCUT2D eigenvalue weighted by molar-refractivity contribution is 5.19. The van der Waals surface area contributed by atoms with Gasteiger partial charge in [0.15, 0.2) is 5.82 Å². The van der Waals surface area contributed by atoms with Crippen LogP contribution in [0, 0.1) is 5.82 Å². The molecule has 0 amide bonds. The zero-order chi connectivity index (χ0) is 13.8. The van der Waals surface area contributed by atoms with Crippen LogP contribution in [0.2, 0.25) is 0 Å². The van der Waals surface area contributed by atoms with Crippen LogP contribution in [0.3, 0.4) is 0 Å². The first kappa shape index (κ1) is 13.2. The minimum atomic E-state index is -0.243. The first-order valence-corrected chi connectivity index (χ1v) is 7.11. The molecule has 1 aliphatic rings. The molecular formula is C15H18FN3O. The summed E-state index contributed by atoms with van der Waals surface area (Å²) in [4.78, 5) is 4.44. The lowest BCUT2D eigenvalue weighted by Crippen LogP contribution is -2.21. The van der Waals surface area contributed by atoms with Crippen molar-refractivity contribution in [2.45, 2.75) is 38.1 Å². The fourth-order valence-corrected chi connectivity index (χ4v) is 2.55. The fourth-order valence-electron chi connectivity index (χ4n) is 2.55. The SMILES string of the molecule is Fc1cccc(Cc2nc(C3CCCCCN3)no2)c1. The number of halogens is 1. The van der Waals surface area contributed by atoms with E-state index in [0.29, 0.717) is 12.3 Å². The molecule has 0 spiro atoms. The van der Waals surface area contributed by atoms with Crippen molar-refractivity contribution in [1.29, 1.82) is 0 Å². The van der Waals surface area contributed by atoms with Gasteiger partial charge in [0.05, 0.1) is 12.5 Å². The average molecular weight is 275 g/mol. The molecule has 20 heavy (non-hydrogen) atoms. The molecule has 2 heterocycles. The van der Waals surface area contributed by atoms with Gasteiger partial charge < -0.3 is 9.84 Å². The van der Waals surface area contributed by atoms with Gasteiger partial charge in [-0.15, -0.1) is 0 Å². The molecule has 0 radical (unpaired) electrons. The van der Waals surface area contributed by atoms with E-state index < -0.39 is 0 Å². The van der Waals surface area contributed by atoms with Crippen molar-refractivity contribution in [3.05, 3.63) is 47.4 Å². The van der Waals surface area contributed by atoms with E-state index in [9.17, 15) is 4.39 Å². The van der Waals surface area contributed by atoms with Crippen LogP contribution in [0.15, 0.2) is 28.8 Å². The van der Waals surface area contributed by atoms with Crippen molar-refractivity contribution in [2.75, 3.05) is 6.54 Å². The molecule has 4 nitrogen and oxygen atoms in total. The van der Waals surface area contributed by atoms with E-state index in [4.69, 9.17) is 4.52 Å². The Labute approximate surface area is 117 Å². The molecule has 1 aliphatic heterocycles. The Hall–Kier alpha value is -1.75. The zero-order valence-corrected chi connectivity index (χ0v) is 11.3. The summed E-state index contributed by atoms with van der Waals surface area (Å²) in [6.45, 7) is 0.998. The average Bonchev–Trinajstić information content (AvgIpc) is 2.73. The van der Waals surface area contributed by atoms with Crippen LogP contribution in [0.1, 0.15) is 49.0 Å². The van der Waals surface area contributed by atoms with Crippen LogP contribution in [0.4, 0.5) is 4.39 Å². The summed E-state index contributed by atoms with van der Waals surface area (Å²) in [7, 11) is 0. The predicted molar refractivity (Wildman–Crippen MR) is 72.7 cm³/mol. The van der Waals surface area contributed by atoms with E-state index in [1.165, 1.54) is 31.4 Å². The smallest absolute Gasteiger partial charge is 0.231 e. The second kappa shape index (κ2) is 6.13.